The molecule has 8 unspecified atom stereocenters. The van der Waals surface area contributed by atoms with Crippen molar-refractivity contribution in [3.63, 3.8) is 0 Å². The topological polar surface area (TPSA) is 79.2 Å². The van der Waals surface area contributed by atoms with Gasteiger partial charge in [0.15, 0.2) is 0 Å². The quantitative estimate of drug-likeness (QED) is 0.0408. The van der Waals surface area contributed by atoms with Crippen LogP contribution in [0.25, 0.3) is 0 Å². The summed E-state index contributed by atoms with van der Waals surface area (Å²) in [4.78, 5) is 33.1. The minimum atomic E-state index is -0.486. The summed E-state index contributed by atoms with van der Waals surface area (Å²) in [6.45, 7) is 18.6. The number of aliphatic hydroxyl groups is 1. The highest BCUT2D eigenvalue weighted by molar-refractivity contribution is 5.82. The standard InChI is InChI=1S/C53H84N2O4/c1-9-11-12-13-14-15-16-17-18-19-20-21-22-23-24-25-26-27-28-50(57)55-36-35-46(40-55)54-44(6)31-29-41(3)38-47(56)33-34-48-43(5)30-32-45-37-42(4)39-49(51(45)48)59-52(58)53(7,8)10-2/h11-12,15-16,18-19,21-22,24-25,30,32,37,41-43,46-49,51,56H,9-10,13-14,17,20,23,26-29,31,33-36,38-40H2,1-8H3. The lowest BCUT2D eigenvalue weighted by Crippen LogP contribution is -2.43. The number of hydrogen-bond donors (Lipinski definition) is 1. The molecule has 0 radical (unpaired) electrons. The molecule has 1 heterocycles. The summed E-state index contributed by atoms with van der Waals surface area (Å²) in [5.41, 5.74) is 1.97. The molecule has 59 heavy (non-hydrogen) atoms. The third kappa shape index (κ3) is 18.9. The van der Waals surface area contributed by atoms with Crippen LogP contribution in [0.3, 0.4) is 0 Å². The summed E-state index contributed by atoms with van der Waals surface area (Å²) in [6, 6.07) is 0.195. The Labute approximate surface area is 361 Å². The van der Waals surface area contributed by atoms with Crippen molar-refractivity contribution in [2.24, 2.45) is 40.0 Å². The number of carbonyl (C=O) groups excluding carboxylic acids is 2. The third-order valence-corrected chi connectivity index (χ3v) is 12.9. The number of esters is 1. The number of likely N-dealkylation sites (tertiary alicyclic amines) is 1. The maximum absolute atomic E-state index is 13.2. The molecular weight excluding hydrogens is 729 g/mol. The average Bonchev–Trinajstić information content (AvgIpc) is 3.67. The summed E-state index contributed by atoms with van der Waals surface area (Å²) >= 11 is 0. The molecule has 1 aliphatic heterocycles. The second kappa shape index (κ2) is 27.6. The van der Waals surface area contributed by atoms with Crippen LogP contribution in [0, 0.1) is 35.0 Å². The molecule has 0 aromatic rings. The Kier molecular flexibility index (Phi) is 23.4. The molecule has 1 N–H and O–H groups in total. The number of allylic oxidation sites excluding steroid dienone is 13. The molecule has 6 heteroatoms. The van der Waals surface area contributed by atoms with Crippen LogP contribution < -0.4 is 0 Å². The van der Waals surface area contributed by atoms with E-state index in [-0.39, 0.29) is 36.0 Å². The zero-order valence-electron chi connectivity index (χ0n) is 38.6. The molecule has 1 saturated heterocycles. The van der Waals surface area contributed by atoms with Gasteiger partial charge in [0.25, 0.3) is 0 Å². The molecule has 6 nitrogen and oxygen atoms in total. The number of fused-ring (bicyclic) bond motifs is 1. The van der Waals surface area contributed by atoms with Crippen LogP contribution in [0.5, 0.6) is 0 Å². The van der Waals surface area contributed by atoms with E-state index >= 15 is 0 Å². The van der Waals surface area contributed by atoms with E-state index in [0.717, 1.165) is 122 Å². The van der Waals surface area contributed by atoms with Gasteiger partial charge in [0.05, 0.1) is 17.6 Å². The fraction of sp³-hybridized carbons (Fsp3) is 0.679. The molecule has 0 spiro atoms. The number of aliphatic hydroxyl groups excluding tert-OH is 1. The molecule has 0 aromatic carbocycles. The monoisotopic (exact) mass is 813 g/mol. The van der Waals surface area contributed by atoms with E-state index < -0.39 is 5.41 Å². The molecule has 330 valence electrons. The number of carbonyl (C=O) groups is 2. The number of hydrogen-bond acceptors (Lipinski definition) is 5. The second-order valence-corrected chi connectivity index (χ2v) is 18.7. The highest BCUT2D eigenvalue weighted by Crippen LogP contribution is 2.45. The van der Waals surface area contributed by atoms with E-state index in [9.17, 15) is 14.7 Å². The van der Waals surface area contributed by atoms with Crippen molar-refractivity contribution in [3.05, 3.63) is 84.6 Å². The molecule has 0 aromatic heterocycles. The first-order valence-corrected chi connectivity index (χ1v) is 23.7. The van der Waals surface area contributed by atoms with E-state index in [2.05, 4.69) is 114 Å². The van der Waals surface area contributed by atoms with E-state index in [0.29, 0.717) is 30.1 Å². The number of amides is 1. The number of rotatable bonds is 26. The lowest BCUT2D eigenvalue weighted by molar-refractivity contribution is -0.164. The van der Waals surface area contributed by atoms with Crippen molar-refractivity contribution in [1.29, 1.82) is 0 Å². The Bertz CT molecular complexity index is 1490. The maximum Gasteiger partial charge on any atom is 0.311 e. The number of ether oxygens (including phenoxy) is 1. The molecule has 0 saturated carbocycles. The van der Waals surface area contributed by atoms with E-state index in [1.54, 1.807) is 0 Å². The van der Waals surface area contributed by atoms with Gasteiger partial charge in [0, 0.05) is 31.1 Å². The van der Waals surface area contributed by atoms with Gasteiger partial charge in [-0.3, -0.25) is 14.6 Å². The van der Waals surface area contributed by atoms with Gasteiger partial charge in [0.2, 0.25) is 5.91 Å². The van der Waals surface area contributed by atoms with Gasteiger partial charge in [-0.25, -0.2) is 0 Å². The minimum Gasteiger partial charge on any atom is -0.461 e. The first kappa shape index (κ1) is 50.1. The lowest BCUT2D eigenvalue weighted by Gasteiger charge is -2.44. The largest absolute Gasteiger partial charge is 0.461 e. The summed E-state index contributed by atoms with van der Waals surface area (Å²) in [7, 11) is 0. The van der Waals surface area contributed by atoms with Gasteiger partial charge in [-0.15, -0.1) is 0 Å². The smallest absolute Gasteiger partial charge is 0.311 e. The molecule has 1 fully saturated rings. The number of unbranched alkanes of at least 4 members (excludes halogenated alkanes) is 2. The molecule has 0 bridgehead atoms. The normalized spacial score (nSPS) is 25.2. The maximum atomic E-state index is 13.2. The van der Waals surface area contributed by atoms with E-state index in [4.69, 9.17) is 9.73 Å². The van der Waals surface area contributed by atoms with Crippen molar-refractivity contribution in [1.82, 2.24) is 4.90 Å². The molecule has 8 atom stereocenters. The molecule has 3 aliphatic rings. The van der Waals surface area contributed by atoms with Crippen molar-refractivity contribution >= 4 is 17.6 Å². The summed E-state index contributed by atoms with van der Waals surface area (Å²) in [5.74, 6) is 1.83. The van der Waals surface area contributed by atoms with E-state index in [1.807, 2.05) is 25.7 Å². The molecular formula is C53H84N2O4. The first-order valence-electron chi connectivity index (χ1n) is 23.7. The Morgan fingerprint density at radius 1 is 0.932 bits per heavy atom. The van der Waals surface area contributed by atoms with Gasteiger partial charge in [-0.1, -0.05) is 114 Å². The Balaban J connectivity index is 1.30. The van der Waals surface area contributed by atoms with Gasteiger partial charge in [0.1, 0.15) is 6.10 Å². The van der Waals surface area contributed by atoms with Crippen LogP contribution in [0.15, 0.2) is 89.6 Å². The van der Waals surface area contributed by atoms with Crippen LogP contribution in [0.2, 0.25) is 0 Å². The fourth-order valence-electron chi connectivity index (χ4n) is 8.71. The Hall–Kier alpha value is -3.25. The van der Waals surface area contributed by atoms with Gasteiger partial charge >= 0.3 is 5.97 Å². The van der Waals surface area contributed by atoms with Crippen LogP contribution in [0.1, 0.15) is 165 Å². The predicted octanol–water partition coefficient (Wildman–Crippen LogP) is 13.1. The van der Waals surface area contributed by atoms with Gasteiger partial charge < -0.3 is 14.7 Å². The summed E-state index contributed by atoms with van der Waals surface area (Å²) < 4.78 is 6.30. The zero-order chi connectivity index (χ0) is 43.0. The van der Waals surface area contributed by atoms with Crippen LogP contribution in [-0.4, -0.2) is 58.9 Å². The third-order valence-electron chi connectivity index (χ3n) is 12.9. The fourth-order valence-corrected chi connectivity index (χ4v) is 8.71. The molecule has 2 aliphatic carbocycles. The Morgan fingerprint density at radius 3 is 2.24 bits per heavy atom. The zero-order valence-corrected chi connectivity index (χ0v) is 38.6. The van der Waals surface area contributed by atoms with Crippen molar-refractivity contribution < 1.29 is 19.4 Å². The van der Waals surface area contributed by atoms with Crippen LogP contribution in [0.4, 0.5) is 0 Å². The van der Waals surface area contributed by atoms with Gasteiger partial charge in [-0.2, -0.15) is 0 Å². The predicted molar refractivity (Wildman–Crippen MR) is 250 cm³/mol. The molecule has 3 rings (SSSR count). The van der Waals surface area contributed by atoms with Gasteiger partial charge in [-0.05, 0) is 153 Å². The number of aliphatic imine (C=N–C) groups is 1. The SMILES string of the molecule is CCC=CCCC=CCC=CCC=CCC=CCCCC(=O)N1CCC(N=C(C)CCC(C)CC(O)CCC2C(C)C=CC3=CC(C)CC(OC(=O)C(C)(C)CC)C32)C1. The van der Waals surface area contributed by atoms with Crippen LogP contribution >= 0.6 is 0 Å². The summed E-state index contributed by atoms with van der Waals surface area (Å²) in [5, 5.41) is 11.2. The second-order valence-electron chi connectivity index (χ2n) is 18.7. The van der Waals surface area contributed by atoms with Crippen molar-refractivity contribution in [2.45, 2.75) is 183 Å². The first-order chi connectivity index (χ1) is 28.3. The van der Waals surface area contributed by atoms with E-state index in [1.165, 1.54) is 5.57 Å². The lowest BCUT2D eigenvalue weighted by atomic mass is 9.65. The van der Waals surface area contributed by atoms with Crippen molar-refractivity contribution in [2.75, 3.05) is 13.1 Å². The highest BCUT2D eigenvalue weighted by atomic mass is 16.5. The van der Waals surface area contributed by atoms with Crippen molar-refractivity contribution in [3.8, 4) is 0 Å². The van der Waals surface area contributed by atoms with Crippen LogP contribution in [-0.2, 0) is 14.3 Å². The number of nitrogens with zero attached hydrogens (tertiary/aromatic N) is 2. The summed E-state index contributed by atoms with van der Waals surface area (Å²) in [6.07, 6.45) is 44.4. The average molecular weight is 813 g/mol. The Morgan fingerprint density at radius 2 is 1.58 bits per heavy atom. The highest BCUT2D eigenvalue weighted by Gasteiger charge is 2.43. The molecule has 1 amide bonds. The minimum absolute atomic E-state index is 0.0928.